The van der Waals surface area contributed by atoms with E-state index < -0.39 is 0 Å². The number of rotatable bonds is 1. The van der Waals surface area contributed by atoms with Crippen molar-refractivity contribution in [3.05, 3.63) is 30.1 Å². The van der Waals surface area contributed by atoms with E-state index in [2.05, 4.69) is 4.98 Å². The van der Waals surface area contributed by atoms with Gasteiger partial charge in [0.1, 0.15) is 11.6 Å². The molecule has 4 N–H and O–H groups in total. The van der Waals surface area contributed by atoms with Gasteiger partial charge in [0.05, 0.1) is 4.88 Å². The minimum absolute atomic E-state index is 0. The van der Waals surface area contributed by atoms with Gasteiger partial charge in [-0.1, -0.05) is 23.5 Å². The number of benzene rings is 1. The van der Waals surface area contributed by atoms with Gasteiger partial charge in [-0.3, -0.25) is 0 Å². The van der Waals surface area contributed by atoms with Crippen molar-refractivity contribution >= 4 is 34.7 Å². The number of aromatic nitrogens is 1. The molecule has 0 bridgehead atoms. The summed E-state index contributed by atoms with van der Waals surface area (Å²) in [6, 6.07) is 6.06. The lowest BCUT2D eigenvalue weighted by Crippen LogP contribution is -1.88. The molecule has 2 aromatic rings. The molecule has 1 aromatic heterocycles. The van der Waals surface area contributed by atoms with Crippen molar-refractivity contribution in [1.82, 2.24) is 4.98 Å². The summed E-state index contributed by atoms with van der Waals surface area (Å²) in [5.41, 5.74) is 12.0. The van der Waals surface area contributed by atoms with Gasteiger partial charge in [0.2, 0.25) is 0 Å². The lowest BCUT2D eigenvalue weighted by Gasteiger charge is -1.97. The maximum absolute atomic E-state index is 12.6. The topological polar surface area (TPSA) is 64.9 Å². The van der Waals surface area contributed by atoms with E-state index in [1.807, 2.05) is 0 Å². The minimum atomic E-state index is -0.273. The van der Waals surface area contributed by atoms with E-state index in [9.17, 15) is 4.39 Å². The number of nitrogens with zero attached hydrogens (tertiary/aromatic N) is 1. The van der Waals surface area contributed by atoms with Gasteiger partial charge in [0.25, 0.3) is 0 Å². The Hall–Kier alpha value is -1.33. The van der Waals surface area contributed by atoms with Crippen molar-refractivity contribution in [2.45, 2.75) is 0 Å². The molecule has 0 saturated heterocycles. The standard InChI is InChI=1S/C9H8FN3S.ClH/c10-6-3-1-5(2-4-6)7-8(11)13-9(12)14-7;/h1-4H,11H2,(H2,12,13);1H. The Kier molecular flexibility index (Phi) is 3.49. The molecular formula is C9H9ClFN3S. The van der Waals surface area contributed by atoms with Crippen molar-refractivity contribution in [3.63, 3.8) is 0 Å². The zero-order valence-electron chi connectivity index (χ0n) is 7.61. The van der Waals surface area contributed by atoms with Crippen LogP contribution in [0.25, 0.3) is 10.4 Å². The van der Waals surface area contributed by atoms with Crippen LogP contribution in [0.4, 0.5) is 15.3 Å². The number of hydrogen-bond donors (Lipinski definition) is 2. The van der Waals surface area contributed by atoms with Crippen LogP contribution in [0.2, 0.25) is 0 Å². The van der Waals surface area contributed by atoms with Crippen LogP contribution in [0.15, 0.2) is 24.3 Å². The third-order valence-electron chi connectivity index (χ3n) is 1.78. The van der Waals surface area contributed by atoms with Gasteiger partial charge in [-0.25, -0.2) is 9.37 Å². The Labute approximate surface area is 96.3 Å². The Morgan fingerprint density at radius 3 is 2.20 bits per heavy atom. The van der Waals surface area contributed by atoms with E-state index in [4.69, 9.17) is 11.5 Å². The van der Waals surface area contributed by atoms with E-state index >= 15 is 0 Å². The van der Waals surface area contributed by atoms with Gasteiger partial charge in [-0.05, 0) is 17.7 Å². The molecule has 0 aliphatic rings. The average molecular weight is 246 g/mol. The molecule has 15 heavy (non-hydrogen) atoms. The quantitative estimate of drug-likeness (QED) is 0.812. The van der Waals surface area contributed by atoms with E-state index in [1.165, 1.54) is 23.5 Å². The molecule has 0 aliphatic heterocycles. The lowest BCUT2D eigenvalue weighted by atomic mass is 10.2. The van der Waals surface area contributed by atoms with Crippen LogP contribution in [0.1, 0.15) is 0 Å². The molecule has 2 rings (SSSR count). The van der Waals surface area contributed by atoms with Gasteiger partial charge >= 0.3 is 0 Å². The monoisotopic (exact) mass is 245 g/mol. The van der Waals surface area contributed by atoms with Gasteiger partial charge in [-0.15, -0.1) is 12.4 Å². The molecule has 80 valence electrons. The van der Waals surface area contributed by atoms with Gasteiger partial charge in [-0.2, -0.15) is 0 Å². The first-order chi connectivity index (χ1) is 6.66. The van der Waals surface area contributed by atoms with E-state index in [0.29, 0.717) is 10.9 Å². The normalized spacial score (nSPS) is 9.67. The van der Waals surface area contributed by atoms with Crippen LogP contribution in [0.5, 0.6) is 0 Å². The van der Waals surface area contributed by atoms with E-state index in [0.717, 1.165) is 10.4 Å². The fourth-order valence-corrected chi connectivity index (χ4v) is 1.91. The molecule has 0 radical (unpaired) electrons. The third kappa shape index (κ3) is 2.37. The summed E-state index contributed by atoms with van der Waals surface area (Å²) in [5.74, 6) is 0.115. The van der Waals surface area contributed by atoms with Gasteiger partial charge < -0.3 is 11.5 Å². The second-order valence-corrected chi connectivity index (χ2v) is 3.80. The maximum Gasteiger partial charge on any atom is 0.182 e. The van der Waals surface area contributed by atoms with Crippen LogP contribution >= 0.6 is 23.7 Å². The van der Waals surface area contributed by atoms with Crippen molar-refractivity contribution in [2.75, 3.05) is 11.5 Å². The zero-order chi connectivity index (χ0) is 10.1. The number of anilines is 2. The van der Waals surface area contributed by atoms with Crippen LogP contribution in [-0.4, -0.2) is 4.98 Å². The predicted octanol–water partition coefficient (Wildman–Crippen LogP) is 2.54. The summed E-state index contributed by atoms with van der Waals surface area (Å²) in [6.45, 7) is 0. The van der Waals surface area contributed by atoms with Crippen LogP contribution < -0.4 is 11.5 Å². The Bertz CT molecular complexity index is 455. The number of hydrogen-bond acceptors (Lipinski definition) is 4. The Morgan fingerprint density at radius 2 is 1.73 bits per heavy atom. The first-order valence-electron chi connectivity index (χ1n) is 3.94. The van der Waals surface area contributed by atoms with Crippen LogP contribution in [0.3, 0.4) is 0 Å². The highest BCUT2D eigenvalue weighted by atomic mass is 35.5. The minimum Gasteiger partial charge on any atom is -0.382 e. The summed E-state index contributed by atoms with van der Waals surface area (Å²) >= 11 is 1.29. The van der Waals surface area contributed by atoms with E-state index in [-0.39, 0.29) is 18.2 Å². The van der Waals surface area contributed by atoms with Crippen molar-refractivity contribution in [3.8, 4) is 10.4 Å². The maximum atomic E-state index is 12.6. The Balaban J connectivity index is 0.00000112. The first-order valence-corrected chi connectivity index (χ1v) is 4.76. The highest BCUT2D eigenvalue weighted by Gasteiger charge is 2.08. The number of nitrogens with two attached hydrogens (primary N) is 2. The second kappa shape index (κ2) is 4.46. The molecule has 1 aromatic carbocycles. The Morgan fingerprint density at radius 1 is 1.13 bits per heavy atom. The molecule has 0 saturated carbocycles. The lowest BCUT2D eigenvalue weighted by molar-refractivity contribution is 0.628. The molecule has 0 fully saturated rings. The molecule has 0 atom stereocenters. The smallest absolute Gasteiger partial charge is 0.182 e. The number of thiazole rings is 1. The molecule has 0 unspecified atom stereocenters. The molecule has 0 spiro atoms. The van der Waals surface area contributed by atoms with Crippen molar-refractivity contribution < 1.29 is 4.39 Å². The highest BCUT2D eigenvalue weighted by Crippen LogP contribution is 2.33. The third-order valence-corrected chi connectivity index (χ3v) is 2.73. The number of nitrogen functional groups attached to an aromatic ring is 2. The molecular weight excluding hydrogens is 237 g/mol. The summed E-state index contributed by atoms with van der Waals surface area (Å²) in [7, 11) is 0. The van der Waals surface area contributed by atoms with E-state index in [1.54, 1.807) is 12.1 Å². The summed E-state index contributed by atoms with van der Waals surface area (Å²) in [4.78, 5) is 4.67. The SMILES string of the molecule is Cl.Nc1nc(N)c(-c2ccc(F)cc2)s1. The van der Waals surface area contributed by atoms with Crippen molar-refractivity contribution in [2.24, 2.45) is 0 Å². The molecule has 0 amide bonds. The molecule has 1 heterocycles. The zero-order valence-corrected chi connectivity index (χ0v) is 9.24. The highest BCUT2D eigenvalue weighted by molar-refractivity contribution is 7.19. The van der Waals surface area contributed by atoms with Gasteiger partial charge in [0.15, 0.2) is 5.13 Å². The summed E-state index contributed by atoms with van der Waals surface area (Å²) in [6.07, 6.45) is 0. The summed E-state index contributed by atoms with van der Waals surface area (Å²) in [5, 5.41) is 0.418. The number of halogens is 2. The predicted molar refractivity (Wildman–Crippen MR) is 63.6 cm³/mol. The molecule has 3 nitrogen and oxygen atoms in total. The van der Waals surface area contributed by atoms with Gasteiger partial charge in [0, 0.05) is 0 Å². The second-order valence-electron chi connectivity index (χ2n) is 2.77. The van der Waals surface area contributed by atoms with Crippen LogP contribution in [0, 0.1) is 5.82 Å². The van der Waals surface area contributed by atoms with Crippen LogP contribution in [-0.2, 0) is 0 Å². The fraction of sp³-hybridized carbons (Fsp3) is 0. The van der Waals surface area contributed by atoms with Crippen molar-refractivity contribution in [1.29, 1.82) is 0 Å². The summed E-state index contributed by atoms with van der Waals surface area (Å²) < 4.78 is 12.6. The average Bonchev–Trinajstić information content (AvgIpc) is 2.47. The first kappa shape index (κ1) is 11.7. The molecule has 6 heteroatoms. The molecule has 0 aliphatic carbocycles. The largest absolute Gasteiger partial charge is 0.382 e. The fourth-order valence-electron chi connectivity index (χ4n) is 1.16.